The maximum Gasteiger partial charge on any atom is 0.127 e. The number of aryl methyl sites for hydroxylation is 1. The highest BCUT2D eigenvalue weighted by Gasteiger charge is 2.42. The van der Waals surface area contributed by atoms with Crippen molar-refractivity contribution in [1.82, 2.24) is 0 Å². The number of hydrogen-bond acceptors (Lipinski definition) is 1. The van der Waals surface area contributed by atoms with Gasteiger partial charge in [-0.25, -0.2) is 4.39 Å². The second-order valence-electron chi connectivity index (χ2n) is 7.35. The third-order valence-electron chi connectivity index (χ3n) is 5.10. The second kappa shape index (κ2) is 7.40. The normalized spacial score (nSPS) is 15.4. The standard InChI is InChI=1S/C25H23FO/c1-19-10-12-21(13-11-19)25(14-15-25)18-22(26)16-20-6-5-9-24(17-20)27-23-7-3-2-4-8-23/h2-13,17-18H,14-16H2,1H3/b22-18+. The molecule has 0 N–H and O–H groups in total. The Morgan fingerprint density at radius 2 is 1.63 bits per heavy atom. The molecule has 0 saturated heterocycles. The molecule has 0 atom stereocenters. The van der Waals surface area contributed by atoms with Crippen molar-refractivity contribution in [3.05, 3.63) is 107 Å². The minimum absolute atomic E-state index is 0.0788. The van der Waals surface area contributed by atoms with E-state index in [9.17, 15) is 4.39 Å². The van der Waals surface area contributed by atoms with Gasteiger partial charge in [-0.1, -0.05) is 60.2 Å². The van der Waals surface area contributed by atoms with Crippen LogP contribution in [0.25, 0.3) is 0 Å². The monoisotopic (exact) mass is 358 g/mol. The van der Waals surface area contributed by atoms with E-state index in [2.05, 4.69) is 31.2 Å². The lowest BCUT2D eigenvalue weighted by atomic mass is 9.93. The summed E-state index contributed by atoms with van der Waals surface area (Å²) in [5.41, 5.74) is 3.24. The summed E-state index contributed by atoms with van der Waals surface area (Å²) in [7, 11) is 0. The number of allylic oxidation sites excluding steroid dienone is 2. The number of rotatable bonds is 6. The second-order valence-corrected chi connectivity index (χ2v) is 7.35. The molecule has 1 fully saturated rings. The van der Waals surface area contributed by atoms with Crippen LogP contribution < -0.4 is 4.74 Å². The summed E-state index contributed by atoms with van der Waals surface area (Å²) in [6.07, 6.45) is 4.14. The minimum atomic E-state index is -0.115. The predicted octanol–water partition coefficient (Wildman–Crippen LogP) is 6.92. The highest BCUT2D eigenvalue weighted by Crippen LogP contribution is 2.50. The van der Waals surface area contributed by atoms with Gasteiger partial charge in [-0.15, -0.1) is 0 Å². The quantitative estimate of drug-likeness (QED) is 0.465. The summed E-state index contributed by atoms with van der Waals surface area (Å²) in [4.78, 5) is 0. The molecule has 1 aliphatic carbocycles. The van der Waals surface area contributed by atoms with Crippen LogP contribution in [0.5, 0.6) is 11.5 Å². The van der Waals surface area contributed by atoms with Gasteiger partial charge in [-0.05, 0) is 61.2 Å². The van der Waals surface area contributed by atoms with Crippen molar-refractivity contribution in [2.45, 2.75) is 31.6 Å². The third kappa shape index (κ3) is 4.28. The van der Waals surface area contributed by atoms with Crippen LogP contribution in [0.15, 0.2) is 90.8 Å². The molecule has 1 aliphatic rings. The number of benzene rings is 3. The van der Waals surface area contributed by atoms with E-state index in [1.807, 2.05) is 60.7 Å². The zero-order valence-electron chi connectivity index (χ0n) is 15.5. The van der Waals surface area contributed by atoms with Crippen LogP contribution in [0, 0.1) is 6.92 Å². The Bertz CT molecular complexity index is 938. The van der Waals surface area contributed by atoms with Crippen LogP contribution in [0.1, 0.15) is 29.5 Å². The fraction of sp³-hybridized carbons (Fsp3) is 0.200. The highest BCUT2D eigenvalue weighted by atomic mass is 19.1. The van der Waals surface area contributed by atoms with Crippen LogP contribution in [-0.2, 0) is 11.8 Å². The highest BCUT2D eigenvalue weighted by molar-refractivity contribution is 5.40. The molecule has 0 unspecified atom stereocenters. The smallest absolute Gasteiger partial charge is 0.127 e. The topological polar surface area (TPSA) is 9.23 Å². The van der Waals surface area contributed by atoms with E-state index in [0.29, 0.717) is 6.42 Å². The SMILES string of the molecule is Cc1ccc(C2(/C=C(/F)Cc3cccc(Oc4ccccc4)c3)CC2)cc1. The van der Waals surface area contributed by atoms with E-state index in [-0.39, 0.29) is 11.2 Å². The van der Waals surface area contributed by atoms with E-state index >= 15 is 0 Å². The van der Waals surface area contributed by atoms with Gasteiger partial charge in [0, 0.05) is 11.8 Å². The van der Waals surface area contributed by atoms with Crippen molar-refractivity contribution in [3.8, 4) is 11.5 Å². The van der Waals surface area contributed by atoms with Gasteiger partial charge in [0.2, 0.25) is 0 Å². The van der Waals surface area contributed by atoms with Crippen LogP contribution >= 0.6 is 0 Å². The van der Waals surface area contributed by atoms with E-state index in [4.69, 9.17) is 4.74 Å². The van der Waals surface area contributed by atoms with Gasteiger partial charge >= 0.3 is 0 Å². The van der Waals surface area contributed by atoms with Crippen molar-refractivity contribution in [2.75, 3.05) is 0 Å². The van der Waals surface area contributed by atoms with Gasteiger partial charge in [0.1, 0.15) is 17.3 Å². The van der Waals surface area contributed by atoms with Crippen LogP contribution in [0.3, 0.4) is 0 Å². The van der Waals surface area contributed by atoms with Crippen LogP contribution in [0.2, 0.25) is 0 Å². The van der Waals surface area contributed by atoms with Gasteiger partial charge in [-0.3, -0.25) is 0 Å². The zero-order chi connectivity index (χ0) is 18.7. The Hall–Kier alpha value is -2.87. The van der Waals surface area contributed by atoms with Crippen molar-refractivity contribution in [2.24, 2.45) is 0 Å². The fourth-order valence-corrected chi connectivity index (χ4v) is 3.43. The molecule has 0 heterocycles. The Kier molecular flexibility index (Phi) is 4.81. The molecule has 2 heteroatoms. The molecular weight excluding hydrogens is 335 g/mol. The number of halogens is 1. The van der Waals surface area contributed by atoms with Gasteiger partial charge in [0.25, 0.3) is 0 Å². The molecule has 0 bridgehead atoms. The van der Waals surface area contributed by atoms with E-state index < -0.39 is 0 Å². The minimum Gasteiger partial charge on any atom is -0.457 e. The van der Waals surface area contributed by atoms with E-state index in [1.165, 1.54) is 11.1 Å². The fourth-order valence-electron chi connectivity index (χ4n) is 3.43. The Labute approximate surface area is 160 Å². The van der Waals surface area contributed by atoms with Crippen LogP contribution in [-0.4, -0.2) is 0 Å². The average molecular weight is 358 g/mol. The molecule has 0 aliphatic heterocycles. The van der Waals surface area contributed by atoms with E-state index in [1.54, 1.807) is 0 Å². The largest absolute Gasteiger partial charge is 0.457 e. The molecule has 3 aromatic rings. The molecule has 0 radical (unpaired) electrons. The van der Waals surface area contributed by atoms with Gasteiger partial charge < -0.3 is 4.74 Å². The van der Waals surface area contributed by atoms with Crippen molar-refractivity contribution >= 4 is 0 Å². The first kappa shape index (κ1) is 17.5. The molecule has 0 amide bonds. The summed E-state index contributed by atoms with van der Waals surface area (Å²) >= 11 is 0. The lowest BCUT2D eigenvalue weighted by molar-refractivity contribution is 0.482. The Morgan fingerprint density at radius 3 is 2.33 bits per heavy atom. The van der Waals surface area contributed by atoms with Crippen molar-refractivity contribution in [3.63, 3.8) is 0 Å². The lowest BCUT2D eigenvalue weighted by Gasteiger charge is -2.12. The first-order valence-corrected chi connectivity index (χ1v) is 9.39. The maximum absolute atomic E-state index is 14.8. The Morgan fingerprint density at radius 1 is 0.926 bits per heavy atom. The third-order valence-corrected chi connectivity index (χ3v) is 5.10. The van der Waals surface area contributed by atoms with Crippen molar-refractivity contribution < 1.29 is 9.13 Å². The number of hydrogen-bond donors (Lipinski definition) is 0. The summed E-state index contributed by atoms with van der Waals surface area (Å²) in [6.45, 7) is 2.07. The molecular formula is C25H23FO. The van der Waals surface area contributed by atoms with Crippen molar-refractivity contribution in [1.29, 1.82) is 0 Å². The summed E-state index contributed by atoms with van der Waals surface area (Å²) in [6, 6.07) is 25.7. The number of ether oxygens (including phenoxy) is 1. The lowest BCUT2D eigenvalue weighted by Crippen LogP contribution is -2.03. The summed E-state index contributed by atoms with van der Waals surface area (Å²) in [5, 5.41) is 0. The van der Waals surface area contributed by atoms with Gasteiger partial charge in [0.15, 0.2) is 0 Å². The molecule has 27 heavy (non-hydrogen) atoms. The molecule has 1 nitrogen and oxygen atoms in total. The van der Waals surface area contributed by atoms with Gasteiger partial charge in [0.05, 0.1) is 0 Å². The average Bonchev–Trinajstić information content (AvgIpc) is 3.44. The molecule has 0 aromatic heterocycles. The number of para-hydroxylation sites is 1. The molecule has 0 spiro atoms. The molecule has 4 rings (SSSR count). The van der Waals surface area contributed by atoms with Crippen LogP contribution in [0.4, 0.5) is 4.39 Å². The first-order valence-electron chi connectivity index (χ1n) is 9.39. The first-order chi connectivity index (χ1) is 13.1. The molecule has 136 valence electrons. The van der Waals surface area contributed by atoms with Gasteiger partial charge in [-0.2, -0.15) is 0 Å². The Balaban J connectivity index is 1.48. The summed E-state index contributed by atoms with van der Waals surface area (Å²) in [5.74, 6) is 1.43. The predicted molar refractivity (Wildman–Crippen MR) is 108 cm³/mol. The summed E-state index contributed by atoms with van der Waals surface area (Å²) < 4.78 is 20.6. The molecule has 3 aromatic carbocycles. The molecule has 1 saturated carbocycles. The van der Waals surface area contributed by atoms with E-state index in [0.717, 1.165) is 29.9 Å². The zero-order valence-corrected chi connectivity index (χ0v) is 15.5. The maximum atomic E-state index is 14.8.